The minimum Gasteiger partial charge on any atom is -0.328 e. The van der Waals surface area contributed by atoms with Gasteiger partial charge in [-0.2, -0.15) is 0 Å². The molecular weight excluding hydrogens is 198 g/mol. The van der Waals surface area contributed by atoms with Crippen molar-refractivity contribution in [3.05, 3.63) is 17.2 Å². The van der Waals surface area contributed by atoms with E-state index in [1.807, 2.05) is 0 Å². The van der Waals surface area contributed by atoms with E-state index >= 15 is 0 Å². The molecule has 0 amide bonds. The maximum atomic E-state index is 4.91. The third kappa shape index (κ3) is 1.27. The number of hydrogen-bond donors (Lipinski definition) is 1. The van der Waals surface area contributed by atoms with Gasteiger partial charge in [0.1, 0.15) is 5.82 Å². The van der Waals surface area contributed by atoms with Crippen LogP contribution in [0.2, 0.25) is 0 Å². The van der Waals surface area contributed by atoms with Crippen molar-refractivity contribution in [1.82, 2.24) is 14.9 Å². The quantitative estimate of drug-likeness (QED) is 0.821. The van der Waals surface area contributed by atoms with Crippen molar-refractivity contribution in [1.29, 1.82) is 0 Å². The molecule has 1 aliphatic heterocycles. The Morgan fingerprint density at radius 1 is 1.38 bits per heavy atom. The van der Waals surface area contributed by atoms with Crippen LogP contribution in [0.1, 0.15) is 55.4 Å². The van der Waals surface area contributed by atoms with Crippen molar-refractivity contribution >= 4 is 0 Å². The number of imidazole rings is 1. The zero-order valence-electron chi connectivity index (χ0n) is 9.87. The van der Waals surface area contributed by atoms with Crippen molar-refractivity contribution in [2.75, 3.05) is 6.54 Å². The molecule has 1 aromatic heterocycles. The Bertz CT molecular complexity index is 431. The second-order valence-corrected chi connectivity index (χ2v) is 5.71. The van der Waals surface area contributed by atoms with Gasteiger partial charge in [-0.25, -0.2) is 4.98 Å². The maximum Gasteiger partial charge on any atom is 0.112 e. The first kappa shape index (κ1) is 9.23. The average Bonchev–Trinajstić information content (AvgIpc) is 3.20. The first-order valence-corrected chi connectivity index (χ1v) is 6.65. The van der Waals surface area contributed by atoms with Crippen molar-refractivity contribution < 1.29 is 0 Å². The molecule has 2 unspecified atom stereocenters. The van der Waals surface area contributed by atoms with Crippen LogP contribution in [0.15, 0.2) is 0 Å². The molecule has 1 N–H and O–H groups in total. The molecule has 2 saturated carbocycles. The summed E-state index contributed by atoms with van der Waals surface area (Å²) in [6.07, 6.45) is 5.28. The topological polar surface area (TPSA) is 29.9 Å². The molecule has 2 heterocycles. The number of aromatic nitrogens is 2. The molecule has 0 saturated heterocycles. The monoisotopic (exact) mass is 217 g/mol. The lowest BCUT2D eigenvalue weighted by molar-refractivity contribution is 0.571. The first-order chi connectivity index (χ1) is 7.84. The van der Waals surface area contributed by atoms with Crippen molar-refractivity contribution in [2.24, 2.45) is 5.92 Å². The van der Waals surface area contributed by atoms with E-state index in [0.29, 0.717) is 0 Å². The van der Waals surface area contributed by atoms with Gasteiger partial charge in [-0.15, -0.1) is 0 Å². The van der Waals surface area contributed by atoms with E-state index in [1.54, 1.807) is 5.69 Å². The molecule has 2 aliphatic carbocycles. The molecule has 1 aromatic rings. The number of rotatable bonds is 2. The molecule has 2 fully saturated rings. The van der Waals surface area contributed by atoms with Gasteiger partial charge in [0.15, 0.2) is 0 Å². The highest BCUT2D eigenvalue weighted by Gasteiger charge is 2.41. The van der Waals surface area contributed by atoms with E-state index in [9.17, 15) is 0 Å². The Morgan fingerprint density at radius 2 is 2.19 bits per heavy atom. The van der Waals surface area contributed by atoms with E-state index < -0.39 is 0 Å². The number of hydrogen-bond acceptors (Lipinski definition) is 2. The number of nitrogens with zero attached hydrogens (tertiary/aromatic N) is 2. The fourth-order valence-electron chi connectivity index (χ4n) is 3.02. The predicted octanol–water partition coefficient (Wildman–Crippen LogP) is 1.99. The second kappa shape index (κ2) is 3.10. The van der Waals surface area contributed by atoms with Crippen LogP contribution in [0.3, 0.4) is 0 Å². The van der Waals surface area contributed by atoms with Crippen molar-refractivity contribution in [3.8, 4) is 0 Å². The lowest BCUT2D eigenvalue weighted by Gasteiger charge is -2.16. The summed E-state index contributed by atoms with van der Waals surface area (Å²) >= 11 is 0. The summed E-state index contributed by atoms with van der Waals surface area (Å²) < 4.78 is 2.62. The summed E-state index contributed by atoms with van der Waals surface area (Å²) in [6, 6.07) is 0.782. The van der Waals surface area contributed by atoms with Crippen LogP contribution < -0.4 is 5.32 Å². The average molecular weight is 217 g/mol. The van der Waals surface area contributed by atoms with Gasteiger partial charge in [0.05, 0.1) is 5.69 Å². The van der Waals surface area contributed by atoms with Gasteiger partial charge >= 0.3 is 0 Å². The standard InChI is InChI=1S/C13H19N3/c1-8-6-12(8)16-11-4-5-14-7-10(11)15-13(16)9-2-3-9/h8-9,12,14H,2-7H2,1H3. The Hall–Kier alpha value is -0.830. The Labute approximate surface area is 96.3 Å². The Balaban J connectivity index is 1.82. The third-order valence-electron chi connectivity index (χ3n) is 4.29. The summed E-state index contributed by atoms with van der Waals surface area (Å²) in [5.41, 5.74) is 2.89. The molecule has 4 rings (SSSR count). The van der Waals surface area contributed by atoms with Crippen LogP contribution in [0, 0.1) is 5.92 Å². The molecule has 0 spiro atoms. The van der Waals surface area contributed by atoms with Crippen LogP contribution >= 0.6 is 0 Å². The molecule has 2 atom stereocenters. The predicted molar refractivity (Wildman–Crippen MR) is 62.4 cm³/mol. The van der Waals surface area contributed by atoms with E-state index in [4.69, 9.17) is 4.98 Å². The second-order valence-electron chi connectivity index (χ2n) is 5.71. The highest BCUT2D eigenvalue weighted by atomic mass is 15.2. The summed E-state index contributed by atoms with van der Waals surface area (Å²) in [6.45, 7) is 4.49. The fraction of sp³-hybridized carbons (Fsp3) is 0.769. The van der Waals surface area contributed by atoms with Crippen molar-refractivity contribution in [2.45, 2.75) is 51.1 Å². The van der Waals surface area contributed by atoms with Crippen LogP contribution in [0.4, 0.5) is 0 Å². The van der Waals surface area contributed by atoms with Gasteiger partial charge in [0.25, 0.3) is 0 Å². The Morgan fingerprint density at radius 3 is 2.88 bits per heavy atom. The van der Waals surface area contributed by atoms with E-state index in [0.717, 1.165) is 31.0 Å². The van der Waals surface area contributed by atoms with Gasteiger partial charge in [-0.3, -0.25) is 0 Å². The first-order valence-electron chi connectivity index (χ1n) is 6.65. The zero-order chi connectivity index (χ0) is 10.7. The van der Waals surface area contributed by atoms with Gasteiger partial charge < -0.3 is 9.88 Å². The molecule has 3 nitrogen and oxygen atoms in total. The summed E-state index contributed by atoms with van der Waals surface area (Å²) in [7, 11) is 0. The van der Waals surface area contributed by atoms with Crippen molar-refractivity contribution in [3.63, 3.8) is 0 Å². The highest BCUT2D eigenvalue weighted by Crippen LogP contribution is 2.49. The molecule has 86 valence electrons. The van der Waals surface area contributed by atoms with Gasteiger partial charge in [0.2, 0.25) is 0 Å². The normalized spacial score (nSPS) is 32.6. The third-order valence-corrected chi connectivity index (χ3v) is 4.29. The van der Waals surface area contributed by atoms with Gasteiger partial charge in [-0.1, -0.05) is 6.92 Å². The SMILES string of the molecule is CC1CC1n1c(C2CC2)nc2c1CCNC2. The minimum atomic E-state index is 0.782. The molecular formula is C13H19N3. The molecule has 3 heteroatoms. The fourth-order valence-corrected chi connectivity index (χ4v) is 3.02. The summed E-state index contributed by atoms with van der Waals surface area (Å²) in [4.78, 5) is 4.91. The largest absolute Gasteiger partial charge is 0.328 e. The van der Waals surface area contributed by atoms with Crippen LogP contribution in [0.5, 0.6) is 0 Å². The molecule has 3 aliphatic rings. The smallest absolute Gasteiger partial charge is 0.112 e. The van der Waals surface area contributed by atoms with Crippen LogP contribution in [-0.2, 0) is 13.0 Å². The Kier molecular flexibility index (Phi) is 1.79. The minimum absolute atomic E-state index is 0.782. The van der Waals surface area contributed by atoms with Gasteiger partial charge in [-0.05, 0) is 25.2 Å². The lowest BCUT2D eigenvalue weighted by Crippen LogP contribution is -2.25. The molecule has 0 aromatic carbocycles. The highest BCUT2D eigenvalue weighted by molar-refractivity contribution is 5.26. The van der Waals surface area contributed by atoms with E-state index in [2.05, 4.69) is 16.8 Å². The van der Waals surface area contributed by atoms with E-state index in [-0.39, 0.29) is 0 Å². The molecule has 0 radical (unpaired) electrons. The summed E-state index contributed by atoms with van der Waals surface area (Å²) in [5.74, 6) is 3.09. The number of fused-ring (bicyclic) bond motifs is 1. The maximum absolute atomic E-state index is 4.91. The zero-order valence-corrected chi connectivity index (χ0v) is 9.87. The van der Waals surface area contributed by atoms with Crippen LogP contribution in [0.25, 0.3) is 0 Å². The number of nitrogens with one attached hydrogen (secondary N) is 1. The summed E-state index contributed by atoms with van der Waals surface area (Å²) in [5, 5.41) is 3.44. The molecule has 0 bridgehead atoms. The van der Waals surface area contributed by atoms with Crippen LogP contribution in [-0.4, -0.2) is 16.1 Å². The molecule has 16 heavy (non-hydrogen) atoms. The van der Waals surface area contributed by atoms with Gasteiger partial charge in [0, 0.05) is 37.2 Å². The van der Waals surface area contributed by atoms with E-state index in [1.165, 1.54) is 37.2 Å². The lowest BCUT2D eigenvalue weighted by atomic mass is 10.2.